The number of amides is 2. The molecule has 2 amide bonds. The Morgan fingerprint density at radius 3 is 2.48 bits per heavy atom. The number of allylic oxidation sites excluding steroid dienone is 1. The molecule has 5 heteroatoms. The molecular weight excluding hydrogens is 312 g/mol. The van der Waals surface area contributed by atoms with Crippen LogP contribution < -0.4 is 16.4 Å². The van der Waals surface area contributed by atoms with Crippen molar-refractivity contribution in [2.24, 2.45) is 5.73 Å². The number of nitrogens with one attached hydrogen (secondary N) is 3. The third kappa shape index (κ3) is 4.07. The molecule has 0 aliphatic heterocycles. The molecule has 0 saturated heterocycles. The Bertz CT molecular complexity index is 798. The molecule has 0 spiro atoms. The molecule has 1 aliphatic carbocycles. The van der Waals surface area contributed by atoms with Gasteiger partial charge in [-0.1, -0.05) is 54.6 Å². The summed E-state index contributed by atoms with van der Waals surface area (Å²) >= 11 is 0. The van der Waals surface area contributed by atoms with Crippen molar-refractivity contribution in [1.29, 1.82) is 5.41 Å². The second-order valence-electron chi connectivity index (χ2n) is 6.14. The quantitative estimate of drug-likeness (QED) is 0.648. The van der Waals surface area contributed by atoms with Crippen LogP contribution in [0.1, 0.15) is 23.1 Å². The molecule has 1 aliphatic rings. The van der Waals surface area contributed by atoms with E-state index >= 15 is 0 Å². The Balaban J connectivity index is 1.65. The molecule has 0 heterocycles. The molecule has 0 aromatic heterocycles. The van der Waals surface area contributed by atoms with E-state index in [0.29, 0.717) is 11.4 Å². The first-order chi connectivity index (χ1) is 12.2. The van der Waals surface area contributed by atoms with Crippen molar-refractivity contribution in [3.63, 3.8) is 0 Å². The average Bonchev–Trinajstić information content (AvgIpc) is 2.66. The number of rotatable bonds is 4. The summed E-state index contributed by atoms with van der Waals surface area (Å²) in [6.45, 7) is 0. The van der Waals surface area contributed by atoms with Gasteiger partial charge >= 0.3 is 6.03 Å². The van der Waals surface area contributed by atoms with E-state index in [1.165, 1.54) is 11.1 Å². The number of hydrogen-bond donors (Lipinski definition) is 4. The lowest BCUT2D eigenvalue weighted by Gasteiger charge is -2.25. The summed E-state index contributed by atoms with van der Waals surface area (Å²) in [5.41, 5.74) is 10.2. The SMILES string of the molecule is N=C/C(NC(=O)NC1CCc2ccccc2C1)=C(\N)c1ccccc1. The van der Waals surface area contributed by atoms with E-state index in [1.807, 2.05) is 42.5 Å². The molecule has 0 fully saturated rings. The zero-order chi connectivity index (χ0) is 17.6. The van der Waals surface area contributed by atoms with E-state index in [9.17, 15) is 4.79 Å². The van der Waals surface area contributed by atoms with Crippen LogP contribution in [0.4, 0.5) is 4.79 Å². The van der Waals surface area contributed by atoms with Crippen LogP contribution in [0.15, 0.2) is 60.3 Å². The predicted octanol–water partition coefficient (Wildman–Crippen LogP) is 2.82. The van der Waals surface area contributed by atoms with Crippen molar-refractivity contribution < 1.29 is 4.79 Å². The molecule has 0 radical (unpaired) electrons. The standard InChI is InChI=1S/C20H22N4O/c21-13-18(19(22)15-7-2-1-3-8-15)24-20(25)23-17-11-10-14-6-4-5-9-16(14)12-17/h1-9,13,17,21H,10-12,22H2,(H2,23,24,25)/b19-18+,21-13?. The summed E-state index contributed by atoms with van der Waals surface area (Å²) in [6, 6.07) is 17.4. The zero-order valence-corrected chi connectivity index (χ0v) is 14.0. The summed E-state index contributed by atoms with van der Waals surface area (Å²) < 4.78 is 0. The largest absolute Gasteiger partial charge is 0.397 e. The molecule has 0 saturated carbocycles. The predicted molar refractivity (Wildman–Crippen MR) is 100 cm³/mol. The highest BCUT2D eigenvalue weighted by atomic mass is 16.2. The molecule has 2 aromatic carbocycles. The van der Waals surface area contributed by atoms with Gasteiger partial charge in [0.2, 0.25) is 0 Å². The first-order valence-corrected chi connectivity index (χ1v) is 8.37. The summed E-state index contributed by atoms with van der Waals surface area (Å²) in [7, 11) is 0. The van der Waals surface area contributed by atoms with Crippen LogP contribution in [0.5, 0.6) is 0 Å². The average molecular weight is 334 g/mol. The number of carbonyl (C=O) groups is 1. The van der Waals surface area contributed by atoms with Gasteiger partial charge in [-0.3, -0.25) is 0 Å². The Labute approximate surface area is 147 Å². The Morgan fingerprint density at radius 2 is 1.76 bits per heavy atom. The van der Waals surface area contributed by atoms with Crippen molar-refractivity contribution in [3.8, 4) is 0 Å². The highest BCUT2D eigenvalue weighted by molar-refractivity contribution is 5.93. The molecule has 3 rings (SSSR count). The number of hydrogen-bond acceptors (Lipinski definition) is 3. The highest BCUT2D eigenvalue weighted by Crippen LogP contribution is 2.21. The molecule has 2 aromatic rings. The van der Waals surface area contributed by atoms with Gasteiger partial charge in [0, 0.05) is 12.3 Å². The third-order valence-electron chi connectivity index (χ3n) is 4.45. The molecular formula is C20H22N4O. The number of carbonyl (C=O) groups excluding carboxylic acids is 1. The van der Waals surface area contributed by atoms with E-state index in [0.717, 1.165) is 31.0 Å². The monoisotopic (exact) mass is 334 g/mol. The minimum Gasteiger partial charge on any atom is -0.397 e. The highest BCUT2D eigenvalue weighted by Gasteiger charge is 2.20. The van der Waals surface area contributed by atoms with Crippen LogP contribution in [0.25, 0.3) is 5.70 Å². The first-order valence-electron chi connectivity index (χ1n) is 8.37. The van der Waals surface area contributed by atoms with Crippen molar-refractivity contribution in [2.45, 2.75) is 25.3 Å². The maximum Gasteiger partial charge on any atom is 0.319 e. The van der Waals surface area contributed by atoms with E-state index in [1.54, 1.807) is 0 Å². The van der Waals surface area contributed by atoms with Crippen molar-refractivity contribution in [3.05, 3.63) is 77.0 Å². The molecule has 5 nitrogen and oxygen atoms in total. The van der Waals surface area contributed by atoms with Gasteiger partial charge < -0.3 is 21.8 Å². The van der Waals surface area contributed by atoms with Gasteiger partial charge in [-0.05, 0) is 36.0 Å². The van der Waals surface area contributed by atoms with Gasteiger partial charge in [-0.25, -0.2) is 4.79 Å². The van der Waals surface area contributed by atoms with E-state index < -0.39 is 0 Å². The van der Waals surface area contributed by atoms with Gasteiger partial charge in [-0.2, -0.15) is 0 Å². The van der Waals surface area contributed by atoms with Crippen LogP contribution in [0.2, 0.25) is 0 Å². The third-order valence-corrected chi connectivity index (χ3v) is 4.45. The fourth-order valence-electron chi connectivity index (χ4n) is 3.12. The van der Waals surface area contributed by atoms with Gasteiger partial charge in [-0.15, -0.1) is 0 Å². The van der Waals surface area contributed by atoms with Crippen molar-refractivity contribution in [2.75, 3.05) is 0 Å². The Hall–Kier alpha value is -3.08. The second kappa shape index (κ2) is 7.66. The molecule has 0 bridgehead atoms. The Morgan fingerprint density at radius 1 is 1.08 bits per heavy atom. The van der Waals surface area contributed by atoms with Crippen LogP contribution >= 0.6 is 0 Å². The van der Waals surface area contributed by atoms with E-state index in [4.69, 9.17) is 11.1 Å². The lowest BCUT2D eigenvalue weighted by atomic mass is 9.88. The normalized spacial score (nSPS) is 17.0. The minimum absolute atomic E-state index is 0.0832. The number of urea groups is 1. The molecule has 1 unspecified atom stereocenters. The molecule has 5 N–H and O–H groups in total. The maximum atomic E-state index is 12.3. The number of fused-ring (bicyclic) bond motifs is 1. The van der Waals surface area contributed by atoms with Crippen LogP contribution in [-0.4, -0.2) is 18.3 Å². The topological polar surface area (TPSA) is 91.0 Å². The second-order valence-corrected chi connectivity index (χ2v) is 6.14. The molecule has 1 atom stereocenters. The smallest absolute Gasteiger partial charge is 0.319 e. The van der Waals surface area contributed by atoms with Crippen LogP contribution in [0, 0.1) is 5.41 Å². The fourth-order valence-corrected chi connectivity index (χ4v) is 3.12. The lowest BCUT2D eigenvalue weighted by Crippen LogP contribution is -2.44. The van der Waals surface area contributed by atoms with Crippen LogP contribution in [0.3, 0.4) is 0 Å². The van der Waals surface area contributed by atoms with E-state index in [-0.39, 0.29) is 12.1 Å². The Kier molecular flexibility index (Phi) is 5.14. The molecule has 25 heavy (non-hydrogen) atoms. The number of aryl methyl sites for hydroxylation is 1. The summed E-state index contributed by atoms with van der Waals surface area (Å²) in [6.07, 6.45) is 3.75. The van der Waals surface area contributed by atoms with Gasteiger partial charge in [0.05, 0.1) is 11.4 Å². The van der Waals surface area contributed by atoms with Gasteiger partial charge in [0.25, 0.3) is 0 Å². The zero-order valence-electron chi connectivity index (χ0n) is 14.0. The summed E-state index contributed by atoms with van der Waals surface area (Å²) in [5.74, 6) is 0. The van der Waals surface area contributed by atoms with Crippen molar-refractivity contribution in [1.82, 2.24) is 10.6 Å². The van der Waals surface area contributed by atoms with Gasteiger partial charge in [0.15, 0.2) is 0 Å². The summed E-state index contributed by atoms with van der Waals surface area (Å²) in [5, 5.41) is 13.2. The number of benzene rings is 2. The van der Waals surface area contributed by atoms with Gasteiger partial charge in [0.1, 0.15) is 0 Å². The fraction of sp³-hybridized carbons (Fsp3) is 0.200. The number of nitrogens with two attached hydrogens (primary N) is 1. The first kappa shape index (κ1) is 16.8. The van der Waals surface area contributed by atoms with E-state index in [2.05, 4.69) is 22.8 Å². The maximum absolute atomic E-state index is 12.3. The minimum atomic E-state index is -0.332. The van der Waals surface area contributed by atoms with Crippen LogP contribution in [-0.2, 0) is 12.8 Å². The lowest BCUT2D eigenvalue weighted by molar-refractivity contribution is 0.238. The summed E-state index contributed by atoms with van der Waals surface area (Å²) in [4.78, 5) is 12.3. The molecule has 128 valence electrons. The van der Waals surface area contributed by atoms with Crippen molar-refractivity contribution >= 4 is 17.9 Å².